The van der Waals surface area contributed by atoms with E-state index in [2.05, 4.69) is 50.2 Å². The Balaban J connectivity index is 1.64. The van der Waals surface area contributed by atoms with Gasteiger partial charge >= 0.3 is 0 Å². The van der Waals surface area contributed by atoms with E-state index < -0.39 is 0 Å². The van der Waals surface area contributed by atoms with Crippen LogP contribution < -0.4 is 15.4 Å². The Bertz CT molecular complexity index is 1100. The number of hydrogen-bond acceptors (Lipinski definition) is 6. The Morgan fingerprint density at radius 1 is 1.00 bits per heavy atom. The second-order valence-corrected chi connectivity index (χ2v) is 6.83. The molecule has 148 valence electrons. The molecule has 4 aromatic rings. The number of hydrogen-bond donors (Lipinski definition) is 2. The maximum atomic E-state index is 6.12. The van der Waals surface area contributed by atoms with Crippen molar-refractivity contribution in [3.8, 4) is 22.8 Å². The lowest BCUT2D eigenvalue weighted by atomic mass is 10.0. The number of fused-ring (bicyclic) bond motifs is 1. The van der Waals surface area contributed by atoms with Crippen LogP contribution >= 0.6 is 11.6 Å². The molecule has 0 aliphatic rings. The predicted octanol–water partition coefficient (Wildman–Crippen LogP) is 3.55. The van der Waals surface area contributed by atoms with Crippen LogP contribution in [-0.2, 0) is 6.54 Å². The molecule has 0 amide bonds. The van der Waals surface area contributed by atoms with Crippen LogP contribution in [0.15, 0.2) is 60.7 Å². The van der Waals surface area contributed by atoms with E-state index in [-0.39, 0.29) is 5.28 Å². The van der Waals surface area contributed by atoms with Gasteiger partial charge in [-0.05, 0) is 48.0 Å². The molecule has 0 bridgehead atoms. The monoisotopic (exact) mass is 408 g/mol. The van der Waals surface area contributed by atoms with E-state index in [1.165, 1.54) is 10.1 Å². The van der Waals surface area contributed by atoms with E-state index in [0.29, 0.717) is 17.3 Å². The summed E-state index contributed by atoms with van der Waals surface area (Å²) in [6.07, 6.45) is 0. The molecule has 0 saturated carbocycles. The minimum Gasteiger partial charge on any atom is -0.437 e. The van der Waals surface area contributed by atoms with Crippen molar-refractivity contribution in [1.82, 2.24) is 30.4 Å². The molecule has 4 rings (SSSR count). The molecule has 29 heavy (non-hydrogen) atoms. The Morgan fingerprint density at radius 3 is 2.69 bits per heavy atom. The fraction of sp³-hybridized carbons (Fsp3) is 0.190. The first-order valence-corrected chi connectivity index (χ1v) is 9.72. The van der Waals surface area contributed by atoms with Gasteiger partial charge in [-0.25, -0.2) is 0 Å². The highest BCUT2D eigenvalue weighted by molar-refractivity contribution is 6.28. The van der Waals surface area contributed by atoms with Crippen molar-refractivity contribution >= 4 is 17.2 Å². The third kappa shape index (κ3) is 4.54. The summed E-state index contributed by atoms with van der Waals surface area (Å²) in [5.41, 5.74) is 3.81. The molecule has 2 aromatic carbocycles. The van der Waals surface area contributed by atoms with Gasteiger partial charge in [-0.1, -0.05) is 36.4 Å². The lowest BCUT2D eigenvalue weighted by Gasteiger charge is -2.13. The first-order chi connectivity index (χ1) is 14.2. The van der Waals surface area contributed by atoms with E-state index in [9.17, 15) is 0 Å². The molecule has 0 unspecified atom stereocenters. The second-order valence-electron chi connectivity index (χ2n) is 6.49. The average molecular weight is 409 g/mol. The molecule has 0 radical (unpaired) electrons. The summed E-state index contributed by atoms with van der Waals surface area (Å²) >= 11 is 6.03. The van der Waals surface area contributed by atoms with E-state index in [1.807, 2.05) is 31.3 Å². The van der Waals surface area contributed by atoms with Crippen molar-refractivity contribution in [2.45, 2.75) is 6.54 Å². The number of aromatic nitrogens is 4. The van der Waals surface area contributed by atoms with Gasteiger partial charge in [0.25, 0.3) is 0 Å². The molecule has 0 saturated heterocycles. The van der Waals surface area contributed by atoms with Crippen molar-refractivity contribution in [3.63, 3.8) is 0 Å². The summed E-state index contributed by atoms with van der Waals surface area (Å²) in [6.45, 7) is 2.61. The van der Waals surface area contributed by atoms with E-state index >= 15 is 0 Å². The Labute approximate surface area is 173 Å². The second kappa shape index (κ2) is 9.00. The number of rotatable bonds is 8. The highest BCUT2D eigenvalue weighted by Crippen LogP contribution is 2.33. The molecule has 0 atom stereocenters. The molecule has 0 spiro atoms. The van der Waals surface area contributed by atoms with Gasteiger partial charge in [0.2, 0.25) is 11.2 Å². The van der Waals surface area contributed by atoms with Gasteiger partial charge < -0.3 is 15.4 Å². The molecular weight excluding hydrogens is 388 g/mol. The van der Waals surface area contributed by atoms with Crippen molar-refractivity contribution in [1.29, 1.82) is 0 Å². The van der Waals surface area contributed by atoms with E-state index in [4.69, 9.17) is 16.3 Å². The average Bonchev–Trinajstić information content (AvgIpc) is 3.13. The highest BCUT2D eigenvalue weighted by atomic mass is 35.5. The molecular formula is C21H21ClN6O. The third-order valence-corrected chi connectivity index (χ3v) is 4.66. The van der Waals surface area contributed by atoms with Crippen LogP contribution in [0.3, 0.4) is 0 Å². The highest BCUT2D eigenvalue weighted by Gasteiger charge is 2.11. The van der Waals surface area contributed by atoms with Gasteiger partial charge in [0, 0.05) is 31.3 Å². The topological polar surface area (TPSA) is 76.4 Å². The summed E-state index contributed by atoms with van der Waals surface area (Å²) in [5.74, 6) is 1.13. The standard InChI is InChI=1S/C21H21ClN6O/c1-23-11-12-24-14-15-7-8-18(17(13-15)16-5-3-2-4-6-16)29-20-10-9-19-25-26-21(22)28(19)27-20/h2-10,13,23-24H,11-12,14H2,1H3. The Morgan fingerprint density at radius 2 is 1.86 bits per heavy atom. The SMILES string of the molecule is CNCCNCc1ccc(Oc2ccc3nnc(Cl)n3n2)c(-c2ccccc2)c1. The zero-order valence-electron chi connectivity index (χ0n) is 16.0. The minimum absolute atomic E-state index is 0.191. The minimum atomic E-state index is 0.191. The third-order valence-electron chi connectivity index (χ3n) is 4.42. The molecule has 0 aliphatic heterocycles. The van der Waals surface area contributed by atoms with Crippen molar-refractivity contribution < 1.29 is 4.74 Å². The molecule has 0 aliphatic carbocycles. The summed E-state index contributed by atoms with van der Waals surface area (Å²) in [6, 6.07) is 19.8. The predicted molar refractivity (Wildman–Crippen MR) is 113 cm³/mol. The Hall–Kier alpha value is -3.00. The molecule has 0 fully saturated rings. The fourth-order valence-corrected chi connectivity index (χ4v) is 3.14. The number of nitrogens with one attached hydrogen (secondary N) is 2. The fourth-order valence-electron chi connectivity index (χ4n) is 2.98. The summed E-state index contributed by atoms with van der Waals surface area (Å²) in [5, 5.41) is 18.9. The Kier molecular flexibility index (Phi) is 6.00. The summed E-state index contributed by atoms with van der Waals surface area (Å²) in [4.78, 5) is 0. The zero-order valence-corrected chi connectivity index (χ0v) is 16.7. The normalized spacial score (nSPS) is 11.1. The van der Waals surface area contributed by atoms with Gasteiger partial charge in [-0.3, -0.25) is 0 Å². The number of nitrogens with zero attached hydrogens (tertiary/aromatic N) is 4. The molecule has 2 heterocycles. The van der Waals surface area contributed by atoms with Crippen molar-refractivity contribution in [2.24, 2.45) is 0 Å². The maximum Gasteiger partial charge on any atom is 0.246 e. The quantitative estimate of drug-likeness (QED) is 0.434. The van der Waals surface area contributed by atoms with Gasteiger partial charge in [-0.2, -0.15) is 4.52 Å². The lowest BCUT2D eigenvalue weighted by Crippen LogP contribution is -2.24. The van der Waals surface area contributed by atoms with Crippen LogP contribution in [0, 0.1) is 0 Å². The van der Waals surface area contributed by atoms with Gasteiger partial charge in [-0.15, -0.1) is 15.3 Å². The molecule has 2 N–H and O–H groups in total. The lowest BCUT2D eigenvalue weighted by molar-refractivity contribution is 0.454. The van der Waals surface area contributed by atoms with E-state index in [0.717, 1.165) is 30.8 Å². The van der Waals surface area contributed by atoms with Crippen LogP contribution in [0.4, 0.5) is 0 Å². The molecule has 8 heteroatoms. The van der Waals surface area contributed by atoms with Gasteiger partial charge in [0.05, 0.1) is 0 Å². The number of benzene rings is 2. The van der Waals surface area contributed by atoms with Gasteiger partial charge in [0.15, 0.2) is 5.65 Å². The number of halogens is 1. The van der Waals surface area contributed by atoms with Gasteiger partial charge in [0.1, 0.15) is 5.75 Å². The van der Waals surface area contributed by atoms with Crippen LogP contribution in [0.5, 0.6) is 11.6 Å². The maximum absolute atomic E-state index is 6.12. The summed E-state index contributed by atoms with van der Waals surface area (Å²) < 4.78 is 7.56. The van der Waals surface area contributed by atoms with Crippen molar-refractivity contribution in [2.75, 3.05) is 20.1 Å². The number of ether oxygens (including phenoxy) is 1. The number of likely N-dealkylation sites (N-methyl/N-ethyl adjacent to an activating group) is 1. The van der Waals surface area contributed by atoms with Crippen LogP contribution in [-0.4, -0.2) is 39.9 Å². The largest absolute Gasteiger partial charge is 0.437 e. The molecule has 7 nitrogen and oxygen atoms in total. The van der Waals surface area contributed by atoms with Crippen LogP contribution in [0.25, 0.3) is 16.8 Å². The first kappa shape index (κ1) is 19.3. The zero-order chi connectivity index (χ0) is 20.1. The smallest absolute Gasteiger partial charge is 0.246 e. The van der Waals surface area contributed by atoms with Crippen LogP contribution in [0.2, 0.25) is 5.28 Å². The summed E-state index contributed by atoms with van der Waals surface area (Å²) in [7, 11) is 1.94. The van der Waals surface area contributed by atoms with E-state index in [1.54, 1.807) is 12.1 Å². The van der Waals surface area contributed by atoms with Crippen molar-refractivity contribution in [3.05, 3.63) is 71.5 Å². The molecule has 2 aromatic heterocycles. The first-order valence-electron chi connectivity index (χ1n) is 9.34. The van der Waals surface area contributed by atoms with Crippen LogP contribution in [0.1, 0.15) is 5.56 Å².